The molecule has 0 unspecified atom stereocenters. The van der Waals surface area contributed by atoms with E-state index in [9.17, 15) is 19.2 Å². The maximum absolute atomic E-state index is 12.9. The van der Waals surface area contributed by atoms with Gasteiger partial charge in [-0.15, -0.1) is 0 Å². The van der Waals surface area contributed by atoms with Crippen molar-refractivity contribution in [3.8, 4) is 0 Å². The van der Waals surface area contributed by atoms with Crippen molar-refractivity contribution < 1.29 is 19.2 Å². The lowest BCUT2D eigenvalue weighted by Crippen LogP contribution is -2.37. The average Bonchev–Trinajstić information content (AvgIpc) is 3.06. The number of nitrogens with zero attached hydrogens (tertiary/aromatic N) is 1. The first-order chi connectivity index (χ1) is 20.9. The van der Waals surface area contributed by atoms with Gasteiger partial charge in [0, 0.05) is 39.3 Å². The van der Waals surface area contributed by atoms with E-state index in [1.807, 2.05) is 12.1 Å². The maximum Gasteiger partial charge on any atom is 0.272 e. The zero-order chi connectivity index (χ0) is 30.2. The summed E-state index contributed by atoms with van der Waals surface area (Å²) in [7, 11) is 0. The Hall–Kier alpha value is -6.06. The van der Waals surface area contributed by atoms with Crippen LogP contribution in [0, 0.1) is 0 Å². The van der Waals surface area contributed by atoms with Crippen LogP contribution in [0.15, 0.2) is 133 Å². The number of benzene rings is 5. The zero-order valence-electron chi connectivity index (χ0n) is 22.9. The summed E-state index contributed by atoms with van der Waals surface area (Å²) in [6.07, 6.45) is 0. The van der Waals surface area contributed by atoms with Gasteiger partial charge in [-0.3, -0.25) is 19.2 Å². The minimum Gasteiger partial charge on any atom is -0.322 e. The molecule has 0 aromatic heterocycles. The molecule has 5 rings (SSSR count). The molecule has 9 heteroatoms. The van der Waals surface area contributed by atoms with Crippen LogP contribution in [0.25, 0.3) is 0 Å². The van der Waals surface area contributed by atoms with Gasteiger partial charge >= 0.3 is 0 Å². The second kappa shape index (κ2) is 13.1. The van der Waals surface area contributed by atoms with E-state index < -0.39 is 11.8 Å². The molecule has 212 valence electrons. The van der Waals surface area contributed by atoms with Gasteiger partial charge in [-0.05, 0) is 91.0 Å². The molecular weight excluding hydrogens is 542 g/mol. The fraction of sp³-hybridized carbons (Fsp3) is 0. The van der Waals surface area contributed by atoms with E-state index in [0.717, 1.165) is 5.01 Å². The topological polar surface area (TPSA) is 134 Å². The summed E-state index contributed by atoms with van der Waals surface area (Å²) >= 11 is 0. The van der Waals surface area contributed by atoms with Crippen LogP contribution in [0.2, 0.25) is 0 Å². The molecule has 0 heterocycles. The van der Waals surface area contributed by atoms with Crippen molar-refractivity contribution in [1.29, 1.82) is 0 Å². The van der Waals surface area contributed by atoms with Crippen LogP contribution in [0.1, 0.15) is 41.4 Å². The molecule has 0 spiro atoms. The Balaban J connectivity index is 1.18. The van der Waals surface area contributed by atoms with Crippen LogP contribution in [-0.4, -0.2) is 23.6 Å². The fourth-order valence-electron chi connectivity index (χ4n) is 4.18. The standard InChI is InChI=1S/C34H27N5O4/c35-39(34(43)24-10-5-2-6-11-24)30-20-18-29(19-21-30)38-33(42)26-13-7-12-25(22-26)32(41)37-28-16-14-27(15-17-28)36-31(40)23-8-3-1-4-9-23/h1-22H,35H2,(H,36,40)(H,37,41)(H,38,42). The number of amides is 4. The highest BCUT2D eigenvalue weighted by Crippen LogP contribution is 2.20. The molecule has 0 bridgehead atoms. The molecule has 0 saturated heterocycles. The Labute approximate surface area is 247 Å². The molecule has 0 fully saturated rings. The van der Waals surface area contributed by atoms with Crippen LogP contribution in [0.4, 0.5) is 22.7 Å². The van der Waals surface area contributed by atoms with E-state index in [4.69, 9.17) is 5.84 Å². The normalized spacial score (nSPS) is 10.3. The second-order valence-electron chi connectivity index (χ2n) is 9.47. The molecular formula is C34H27N5O4. The molecule has 5 N–H and O–H groups in total. The van der Waals surface area contributed by atoms with Gasteiger partial charge in [0.2, 0.25) is 0 Å². The van der Waals surface area contributed by atoms with Crippen molar-refractivity contribution >= 4 is 46.4 Å². The summed E-state index contributed by atoms with van der Waals surface area (Å²) in [5.41, 5.74) is 3.63. The van der Waals surface area contributed by atoms with Crippen molar-refractivity contribution in [3.05, 3.63) is 156 Å². The number of nitrogens with one attached hydrogen (secondary N) is 3. The highest BCUT2D eigenvalue weighted by Gasteiger charge is 2.15. The minimum absolute atomic E-state index is 0.233. The Bertz CT molecular complexity index is 1760. The maximum atomic E-state index is 12.9. The number of hydrogen-bond donors (Lipinski definition) is 4. The Kier molecular flexibility index (Phi) is 8.65. The molecule has 4 amide bonds. The van der Waals surface area contributed by atoms with Gasteiger partial charge < -0.3 is 16.0 Å². The second-order valence-corrected chi connectivity index (χ2v) is 9.47. The van der Waals surface area contributed by atoms with Gasteiger partial charge in [0.15, 0.2) is 0 Å². The molecule has 0 aliphatic carbocycles. The molecule has 0 atom stereocenters. The smallest absolute Gasteiger partial charge is 0.272 e. The molecule has 43 heavy (non-hydrogen) atoms. The van der Waals surface area contributed by atoms with Gasteiger partial charge in [0.1, 0.15) is 0 Å². The van der Waals surface area contributed by atoms with Crippen molar-refractivity contribution in [2.24, 2.45) is 5.84 Å². The fourth-order valence-corrected chi connectivity index (χ4v) is 4.18. The van der Waals surface area contributed by atoms with Crippen molar-refractivity contribution in [1.82, 2.24) is 0 Å². The summed E-state index contributed by atoms with van der Waals surface area (Å²) in [5.74, 6) is 4.60. The number of hydrazine groups is 1. The lowest BCUT2D eigenvalue weighted by atomic mass is 10.1. The summed E-state index contributed by atoms with van der Waals surface area (Å²) in [5, 5.41) is 9.43. The number of rotatable bonds is 8. The predicted molar refractivity (Wildman–Crippen MR) is 167 cm³/mol. The third-order valence-electron chi connectivity index (χ3n) is 6.47. The summed E-state index contributed by atoms with van der Waals surface area (Å²) < 4.78 is 0. The van der Waals surface area contributed by atoms with E-state index in [-0.39, 0.29) is 17.4 Å². The highest BCUT2D eigenvalue weighted by atomic mass is 16.2. The monoisotopic (exact) mass is 569 g/mol. The van der Waals surface area contributed by atoms with Crippen molar-refractivity contribution in [2.75, 3.05) is 21.0 Å². The van der Waals surface area contributed by atoms with Gasteiger partial charge in [0.05, 0.1) is 5.69 Å². The third-order valence-corrected chi connectivity index (χ3v) is 6.47. The van der Waals surface area contributed by atoms with Crippen molar-refractivity contribution in [3.63, 3.8) is 0 Å². The average molecular weight is 570 g/mol. The number of carbonyl (C=O) groups is 4. The van der Waals surface area contributed by atoms with Gasteiger partial charge in [-0.2, -0.15) is 0 Å². The van der Waals surface area contributed by atoms with Crippen LogP contribution < -0.4 is 26.8 Å². The predicted octanol–water partition coefficient (Wildman–Crippen LogP) is 5.96. The molecule has 0 saturated carbocycles. The molecule has 5 aromatic carbocycles. The van der Waals surface area contributed by atoms with Gasteiger partial charge in [-0.25, -0.2) is 10.9 Å². The SMILES string of the molecule is NN(C(=O)c1ccccc1)c1ccc(NC(=O)c2cccc(C(=O)Nc3ccc(NC(=O)c4ccccc4)cc3)c2)cc1. The lowest BCUT2D eigenvalue weighted by Gasteiger charge is -2.17. The minimum atomic E-state index is -0.411. The van der Waals surface area contributed by atoms with Gasteiger partial charge in [0.25, 0.3) is 23.6 Å². The quantitative estimate of drug-likeness (QED) is 0.104. The summed E-state index contributed by atoms with van der Waals surface area (Å²) in [6, 6.07) is 37.1. The molecule has 5 aromatic rings. The Morgan fingerprint density at radius 2 is 0.814 bits per heavy atom. The first-order valence-electron chi connectivity index (χ1n) is 13.3. The van der Waals surface area contributed by atoms with Crippen LogP contribution in [0.3, 0.4) is 0 Å². The van der Waals surface area contributed by atoms with E-state index in [1.165, 1.54) is 6.07 Å². The molecule has 9 nitrogen and oxygen atoms in total. The number of hydrogen-bond acceptors (Lipinski definition) is 5. The van der Waals surface area contributed by atoms with E-state index in [2.05, 4.69) is 16.0 Å². The van der Waals surface area contributed by atoms with Crippen molar-refractivity contribution in [2.45, 2.75) is 0 Å². The van der Waals surface area contributed by atoms with Crippen LogP contribution in [0.5, 0.6) is 0 Å². The molecule has 0 aliphatic heterocycles. The summed E-state index contributed by atoms with van der Waals surface area (Å²) in [4.78, 5) is 50.7. The van der Waals surface area contributed by atoms with E-state index in [1.54, 1.807) is 115 Å². The summed E-state index contributed by atoms with van der Waals surface area (Å²) in [6.45, 7) is 0. The van der Waals surface area contributed by atoms with Crippen LogP contribution >= 0.6 is 0 Å². The first-order valence-corrected chi connectivity index (χ1v) is 13.3. The molecule has 0 radical (unpaired) electrons. The Morgan fingerprint density at radius 3 is 1.28 bits per heavy atom. The highest BCUT2D eigenvalue weighted by molar-refractivity contribution is 6.09. The zero-order valence-corrected chi connectivity index (χ0v) is 22.9. The van der Waals surface area contributed by atoms with Gasteiger partial charge in [-0.1, -0.05) is 42.5 Å². The van der Waals surface area contributed by atoms with E-state index >= 15 is 0 Å². The lowest BCUT2D eigenvalue weighted by molar-refractivity contribution is 0.0983. The van der Waals surface area contributed by atoms with E-state index in [0.29, 0.717) is 39.4 Å². The number of carbonyl (C=O) groups excluding carboxylic acids is 4. The first kappa shape index (κ1) is 28.5. The molecule has 0 aliphatic rings. The Morgan fingerprint density at radius 1 is 0.442 bits per heavy atom. The third kappa shape index (κ3) is 7.18. The number of nitrogens with two attached hydrogens (primary N) is 1. The largest absolute Gasteiger partial charge is 0.322 e. The number of anilines is 4. The van der Waals surface area contributed by atoms with Crippen LogP contribution in [-0.2, 0) is 0 Å².